The molecule has 2 atom stereocenters. The molecule has 0 aliphatic carbocycles. The van der Waals surface area contributed by atoms with Crippen LogP contribution in [0.15, 0.2) is 6.20 Å². The van der Waals surface area contributed by atoms with Crippen LogP contribution in [0.3, 0.4) is 0 Å². The number of aromatic nitrogens is 3. The van der Waals surface area contributed by atoms with E-state index < -0.39 is 9.84 Å². The van der Waals surface area contributed by atoms with Crippen LogP contribution in [0.4, 0.5) is 0 Å². The van der Waals surface area contributed by atoms with Crippen molar-refractivity contribution in [2.24, 2.45) is 7.05 Å². The Labute approximate surface area is 120 Å². The highest BCUT2D eigenvalue weighted by Gasteiger charge is 2.35. The minimum atomic E-state index is -2.98. The quantitative estimate of drug-likeness (QED) is 0.836. The molecule has 20 heavy (non-hydrogen) atoms. The van der Waals surface area contributed by atoms with E-state index >= 15 is 0 Å². The summed E-state index contributed by atoms with van der Waals surface area (Å²) in [6.45, 7) is 2.92. The smallest absolute Gasteiger partial charge is 0.154 e. The molecule has 1 aromatic heterocycles. The van der Waals surface area contributed by atoms with E-state index in [4.69, 9.17) is 0 Å². The largest absolute Gasteiger partial charge is 0.312 e. The normalized spacial score (nSPS) is 23.6. The number of aryl methyl sites for hydroxylation is 1. The Morgan fingerprint density at radius 3 is 2.90 bits per heavy atom. The zero-order valence-electron chi connectivity index (χ0n) is 12.2. The van der Waals surface area contributed by atoms with Gasteiger partial charge in [-0.25, -0.2) is 8.42 Å². The molecule has 2 unspecified atom stereocenters. The Hall–Kier alpha value is -0.950. The van der Waals surface area contributed by atoms with Crippen LogP contribution >= 0.6 is 0 Å². The molecule has 0 bridgehead atoms. The first kappa shape index (κ1) is 15.4. The van der Waals surface area contributed by atoms with Gasteiger partial charge in [-0.05, 0) is 25.8 Å². The molecule has 1 aromatic rings. The van der Waals surface area contributed by atoms with E-state index in [2.05, 4.69) is 22.6 Å². The summed E-state index contributed by atoms with van der Waals surface area (Å²) in [5, 5.41) is 11.1. The van der Waals surface area contributed by atoms with Gasteiger partial charge in [-0.3, -0.25) is 4.68 Å². The van der Waals surface area contributed by atoms with Crippen LogP contribution in [0.5, 0.6) is 0 Å². The molecule has 0 radical (unpaired) electrons. The first-order chi connectivity index (χ1) is 9.53. The van der Waals surface area contributed by atoms with Crippen LogP contribution in [-0.2, 0) is 23.3 Å². The topological polar surface area (TPSA) is 76.9 Å². The van der Waals surface area contributed by atoms with Gasteiger partial charge in [0, 0.05) is 25.7 Å². The van der Waals surface area contributed by atoms with Gasteiger partial charge < -0.3 is 5.32 Å². The van der Waals surface area contributed by atoms with Gasteiger partial charge in [-0.15, -0.1) is 5.10 Å². The van der Waals surface area contributed by atoms with Crippen LogP contribution in [0.25, 0.3) is 0 Å². The van der Waals surface area contributed by atoms with Crippen molar-refractivity contribution in [3.63, 3.8) is 0 Å². The molecule has 0 aromatic carbocycles. The second-order valence-corrected chi connectivity index (χ2v) is 7.89. The number of hydrogen-bond acceptors (Lipinski definition) is 5. The lowest BCUT2D eigenvalue weighted by Crippen LogP contribution is -2.48. The molecule has 0 amide bonds. The van der Waals surface area contributed by atoms with Gasteiger partial charge in [0.2, 0.25) is 0 Å². The molecule has 0 saturated carbocycles. The summed E-state index contributed by atoms with van der Waals surface area (Å²) in [5.41, 5.74) is 0.849. The summed E-state index contributed by atoms with van der Waals surface area (Å²) in [7, 11) is -1.16. The maximum atomic E-state index is 12.3. The van der Waals surface area contributed by atoms with Crippen molar-refractivity contribution in [1.82, 2.24) is 20.3 Å². The molecule has 7 heteroatoms. The van der Waals surface area contributed by atoms with Crippen molar-refractivity contribution in [3.05, 3.63) is 11.9 Å². The third-order valence-electron chi connectivity index (χ3n) is 3.81. The summed E-state index contributed by atoms with van der Waals surface area (Å²) in [6, 6.07) is -0.0584. The fourth-order valence-electron chi connectivity index (χ4n) is 2.81. The molecule has 2 rings (SSSR count). The standard InChI is InChI=1S/C13H24N4O2S/c1-3-7-14-12(9-11-10-17(2)16-15-11)13-6-4-5-8-20(13,18)19/h10,12-14H,3-9H2,1-2H3. The Kier molecular flexibility index (Phi) is 5.15. The summed E-state index contributed by atoms with van der Waals surface area (Å²) in [4.78, 5) is 0. The highest BCUT2D eigenvalue weighted by atomic mass is 32.2. The lowest BCUT2D eigenvalue weighted by atomic mass is 10.0. The van der Waals surface area contributed by atoms with Gasteiger partial charge in [-0.2, -0.15) is 0 Å². The van der Waals surface area contributed by atoms with Crippen LogP contribution in [0.2, 0.25) is 0 Å². The first-order valence-electron chi connectivity index (χ1n) is 7.33. The number of nitrogens with one attached hydrogen (secondary N) is 1. The average molecular weight is 300 g/mol. The highest BCUT2D eigenvalue weighted by molar-refractivity contribution is 7.92. The second-order valence-electron chi connectivity index (χ2n) is 5.55. The molecule has 0 spiro atoms. The van der Waals surface area contributed by atoms with E-state index in [0.29, 0.717) is 12.2 Å². The zero-order chi connectivity index (χ0) is 14.6. The monoisotopic (exact) mass is 300 g/mol. The number of sulfone groups is 1. The van der Waals surface area contributed by atoms with Gasteiger partial charge in [0.15, 0.2) is 9.84 Å². The van der Waals surface area contributed by atoms with Gasteiger partial charge >= 0.3 is 0 Å². The molecule has 1 aliphatic heterocycles. The van der Waals surface area contributed by atoms with E-state index in [-0.39, 0.29) is 11.3 Å². The van der Waals surface area contributed by atoms with E-state index in [9.17, 15) is 8.42 Å². The van der Waals surface area contributed by atoms with Crippen molar-refractivity contribution in [2.75, 3.05) is 12.3 Å². The van der Waals surface area contributed by atoms with Crippen LogP contribution in [0.1, 0.15) is 38.3 Å². The van der Waals surface area contributed by atoms with Crippen LogP contribution in [-0.4, -0.2) is 47.0 Å². The van der Waals surface area contributed by atoms with Crippen LogP contribution < -0.4 is 5.32 Å². The molecule has 1 aliphatic rings. The summed E-state index contributed by atoms with van der Waals surface area (Å²) < 4.78 is 26.3. The van der Waals surface area contributed by atoms with E-state index in [1.54, 1.807) is 4.68 Å². The third-order valence-corrected chi connectivity index (χ3v) is 6.16. The Morgan fingerprint density at radius 2 is 2.30 bits per heavy atom. The van der Waals surface area contributed by atoms with Crippen molar-refractivity contribution in [1.29, 1.82) is 0 Å². The summed E-state index contributed by atoms with van der Waals surface area (Å²) in [6.07, 6.45) is 6.01. The molecule has 114 valence electrons. The maximum Gasteiger partial charge on any atom is 0.154 e. The lowest BCUT2D eigenvalue weighted by molar-refractivity contribution is 0.431. The Bertz CT molecular complexity index is 526. The van der Waals surface area contributed by atoms with Gasteiger partial charge in [0.1, 0.15) is 0 Å². The van der Waals surface area contributed by atoms with Gasteiger partial charge in [0.25, 0.3) is 0 Å². The Morgan fingerprint density at radius 1 is 1.50 bits per heavy atom. The molecule has 1 saturated heterocycles. The first-order valence-corrected chi connectivity index (χ1v) is 9.04. The molecular formula is C13H24N4O2S. The average Bonchev–Trinajstić information content (AvgIpc) is 2.80. The van der Waals surface area contributed by atoms with E-state index in [0.717, 1.165) is 37.9 Å². The van der Waals surface area contributed by atoms with Gasteiger partial charge in [-0.1, -0.05) is 18.6 Å². The van der Waals surface area contributed by atoms with Crippen LogP contribution in [0, 0.1) is 0 Å². The predicted octanol–water partition coefficient (Wildman–Crippen LogP) is 0.693. The number of nitrogens with zero attached hydrogens (tertiary/aromatic N) is 3. The second kappa shape index (κ2) is 6.67. The SMILES string of the molecule is CCCNC(Cc1cn(C)nn1)C1CCCCS1(=O)=O. The predicted molar refractivity (Wildman–Crippen MR) is 78.2 cm³/mol. The number of hydrogen-bond donors (Lipinski definition) is 1. The summed E-state index contributed by atoms with van der Waals surface area (Å²) in [5.74, 6) is 0.322. The van der Waals surface area contributed by atoms with Crippen molar-refractivity contribution in [2.45, 2.75) is 50.3 Å². The lowest BCUT2D eigenvalue weighted by Gasteiger charge is -2.30. The fourth-order valence-corrected chi connectivity index (χ4v) is 4.94. The van der Waals surface area contributed by atoms with Crippen molar-refractivity contribution < 1.29 is 8.42 Å². The van der Waals surface area contributed by atoms with Gasteiger partial charge in [0.05, 0.1) is 16.7 Å². The molecule has 6 nitrogen and oxygen atoms in total. The minimum Gasteiger partial charge on any atom is -0.312 e. The van der Waals surface area contributed by atoms with Crippen molar-refractivity contribution >= 4 is 9.84 Å². The molecule has 1 N–H and O–H groups in total. The zero-order valence-corrected chi connectivity index (χ0v) is 13.1. The minimum absolute atomic E-state index is 0.0584. The Balaban J connectivity index is 2.13. The maximum absolute atomic E-state index is 12.3. The molecular weight excluding hydrogens is 276 g/mol. The third kappa shape index (κ3) is 3.79. The summed E-state index contributed by atoms with van der Waals surface area (Å²) >= 11 is 0. The molecule has 1 fully saturated rings. The number of rotatable bonds is 6. The fraction of sp³-hybridized carbons (Fsp3) is 0.846. The van der Waals surface area contributed by atoms with Crippen molar-refractivity contribution in [3.8, 4) is 0 Å². The van der Waals surface area contributed by atoms with E-state index in [1.165, 1.54) is 0 Å². The molecule has 2 heterocycles. The van der Waals surface area contributed by atoms with E-state index in [1.807, 2.05) is 13.2 Å². The highest BCUT2D eigenvalue weighted by Crippen LogP contribution is 2.24.